The van der Waals surface area contributed by atoms with Crippen LogP contribution < -0.4 is 5.90 Å². The van der Waals surface area contributed by atoms with Crippen molar-refractivity contribution in [1.29, 1.82) is 0 Å². The Kier molecular flexibility index (Phi) is 20.4. The van der Waals surface area contributed by atoms with Crippen molar-refractivity contribution in [3.05, 3.63) is 0 Å². The van der Waals surface area contributed by atoms with Gasteiger partial charge in [-0.3, -0.25) is 0 Å². The highest BCUT2D eigenvalue weighted by Gasteiger charge is 2.13. The Hall–Kier alpha value is -0.240. The van der Waals surface area contributed by atoms with Gasteiger partial charge in [-0.15, -0.1) is 0 Å². The zero-order valence-electron chi connectivity index (χ0n) is 8.14. The van der Waals surface area contributed by atoms with Crippen molar-refractivity contribution in [2.45, 2.75) is 13.8 Å². The van der Waals surface area contributed by atoms with Gasteiger partial charge >= 0.3 is 0 Å². The van der Waals surface area contributed by atoms with Crippen molar-refractivity contribution < 1.29 is 25.6 Å². The Morgan fingerprint density at radius 1 is 0.846 bits per heavy atom. The van der Waals surface area contributed by atoms with Crippen LogP contribution in [0.4, 0.5) is 0 Å². The lowest BCUT2D eigenvalue weighted by molar-refractivity contribution is 0.0857. The zero-order valence-corrected chi connectivity index (χ0v) is 8.14. The standard InChI is InChI=1S/C5H12O2.C2H6O2.H3NO/c1-5(2,3-6)4-7;3-1-2-4;1-2/h6-7H,3-4H2,1-2H3;3-4H,1-2H2;2H,1H2. The van der Waals surface area contributed by atoms with E-state index >= 15 is 0 Å². The van der Waals surface area contributed by atoms with Crippen LogP contribution in [-0.4, -0.2) is 52.1 Å². The van der Waals surface area contributed by atoms with Crippen molar-refractivity contribution in [3.63, 3.8) is 0 Å². The van der Waals surface area contributed by atoms with Gasteiger partial charge in [-0.25, -0.2) is 5.90 Å². The maximum absolute atomic E-state index is 8.43. The van der Waals surface area contributed by atoms with Gasteiger partial charge in [0.05, 0.1) is 26.4 Å². The molecule has 0 aromatic rings. The second-order valence-corrected chi connectivity index (χ2v) is 2.93. The maximum atomic E-state index is 8.43. The molecule has 84 valence electrons. The largest absolute Gasteiger partial charge is 0.396 e. The van der Waals surface area contributed by atoms with E-state index in [4.69, 9.17) is 25.6 Å². The fourth-order valence-corrected chi connectivity index (χ4v) is 0.0500. The fourth-order valence-electron chi connectivity index (χ4n) is 0.0500. The molecule has 0 fully saturated rings. The summed E-state index contributed by atoms with van der Waals surface area (Å²) in [5.74, 6) is 3.50. The molecule has 6 heteroatoms. The summed E-state index contributed by atoms with van der Waals surface area (Å²) in [6.45, 7) is 3.44. The molecule has 6 nitrogen and oxygen atoms in total. The molecule has 0 aromatic carbocycles. The van der Waals surface area contributed by atoms with Crippen LogP contribution >= 0.6 is 0 Å². The molecular weight excluding hydrogens is 178 g/mol. The molecule has 0 aliphatic rings. The monoisotopic (exact) mass is 199 g/mol. The third-order valence-corrected chi connectivity index (χ3v) is 0.956. The van der Waals surface area contributed by atoms with E-state index < -0.39 is 0 Å². The molecule has 0 aromatic heterocycles. The van der Waals surface area contributed by atoms with Gasteiger partial charge < -0.3 is 25.6 Å². The SMILES string of the molecule is CC(C)(CO)CO.NO.OCCO. The highest BCUT2D eigenvalue weighted by atomic mass is 16.4. The van der Waals surface area contributed by atoms with E-state index in [1.165, 1.54) is 0 Å². The van der Waals surface area contributed by atoms with Crippen molar-refractivity contribution in [2.24, 2.45) is 11.3 Å². The Morgan fingerprint density at radius 3 is 1.08 bits per heavy atom. The highest BCUT2D eigenvalue weighted by molar-refractivity contribution is 4.62. The van der Waals surface area contributed by atoms with Gasteiger partial charge in [0.15, 0.2) is 0 Å². The molecule has 13 heavy (non-hydrogen) atoms. The Labute approximate surface area is 78.2 Å². The second kappa shape index (κ2) is 14.3. The summed E-state index contributed by atoms with van der Waals surface area (Å²) in [6, 6.07) is 0. The Bertz CT molecular complexity index is 71.3. The van der Waals surface area contributed by atoms with Gasteiger partial charge in [-0.05, 0) is 0 Å². The molecule has 0 unspecified atom stereocenters. The minimum Gasteiger partial charge on any atom is -0.396 e. The molecule has 0 radical (unpaired) electrons. The predicted molar refractivity (Wildman–Crippen MR) is 48.1 cm³/mol. The molecule has 0 amide bonds. The first-order valence-electron chi connectivity index (χ1n) is 3.73. The number of rotatable bonds is 3. The average molecular weight is 199 g/mol. The molecule has 0 atom stereocenters. The molecule has 7 N–H and O–H groups in total. The lowest BCUT2D eigenvalue weighted by Gasteiger charge is -2.16. The number of nitrogens with two attached hydrogens (primary N) is 1. The summed E-state index contributed by atoms with van der Waals surface area (Å²) in [7, 11) is 0. The summed E-state index contributed by atoms with van der Waals surface area (Å²) in [6.07, 6.45) is 0. The highest BCUT2D eigenvalue weighted by Crippen LogP contribution is 2.10. The van der Waals surface area contributed by atoms with E-state index in [2.05, 4.69) is 5.90 Å². The van der Waals surface area contributed by atoms with Crippen LogP contribution in [0.5, 0.6) is 0 Å². The smallest absolute Gasteiger partial charge is 0.0662 e. The first-order chi connectivity index (χ1) is 6.04. The van der Waals surface area contributed by atoms with Gasteiger partial charge in [0, 0.05) is 5.41 Å². The molecule has 0 bridgehead atoms. The van der Waals surface area contributed by atoms with Crippen LogP contribution in [0.1, 0.15) is 13.8 Å². The van der Waals surface area contributed by atoms with Crippen LogP contribution in [0.2, 0.25) is 0 Å². The molecule has 0 heterocycles. The van der Waals surface area contributed by atoms with E-state index in [-0.39, 0.29) is 31.8 Å². The fraction of sp³-hybridized carbons (Fsp3) is 1.00. The van der Waals surface area contributed by atoms with Crippen molar-refractivity contribution in [3.8, 4) is 0 Å². The van der Waals surface area contributed by atoms with Gasteiger partial charge in [-0.1, -0.05) is 13.8 Å². The van der Waals surface area contributed by atoms with Gasteiger partial charge in [-0.2, -0.15) is 0 Å². The summed E-state index contributed by atoms with van der Waals surface area (Å²) in [4.78, 5) is 0. The van der Waals surface area contributed by atoms with Crippen LogP contribution in [-0.2, 0) is 0 Å². The van der Waals surface area contributed by atoms with Gasteiger partial charge in [0.2, 0.25) is 0 Å². The third-order valence-electron chi connectivity index (χ3n) is 0.956. The first-order valence-corrected chi connectivity index (χ1v) is 3.73. The molecule has 0 saturated carbocycles. The second-order valence-electron chi connectivity index (χ2n) is 2.93. The van der Waals surface area contributed by atoms with Crippen molar-refractivity contribution in [1.82, 2.24) is 0 Å². The number of aliphatic hydroxyl groups is 4. The summed E-state index contributed by atoms with van der Waals surface area (Å²) < 4.78 is 0. The average Bonchev–Trinajstić information content (AvgIpc) is 2.21. The van der Waals surface area contributed by atoms with Crippen LogP contribution in [0.3, 0.4) is 0 Å². The minimum absolute atomic E-state index is 0.0451. The molecule has 0 aliphatic carbocycles. The summed E-state index contributed by atoms with van der Waals surface area (Å²) >= 11 is 0. The van der Waals surface area contributed by atoms with E-state index in [9.17, 15) is 0 Å². The summed E-state index contributed by atoms with van der Waals surface area (Å²) in [5.41, 5.74) is -0.306. The van der Waals surface area contributed by atoms with E-state index in [0.29, 0.717) is 0 Å². The topological polar surface area (TPSA) is 127 Å². The molecule has 0 saturated heterocycles. The maximum Gasteiger partial charge on any atom is 0.0662 e. The molecule has 0 spiro atoms. The lowest BCUT2D eigenvalue weighted by atomic mass is 9.97. The van der Waals surface area contributed by atoms with Crippen molar-refractivity contribution >= 4 is 0 Å². The minimum atomic E-state index is -0.306. The lowest BCUT2D eigenvalue weighted by Crippen LogP contribution is -2.20. The Balaban J connectivity index is -0.000000142. The first kappa shape index (κ1) is 18.5. The third kappa shape index (κ3) is 24.5. The van der Waals surface area contributed by atoms with Gasteiger partial charge in [0.1, 0.15) is 0 Å². The van der Waals surface area contributed by atoms with Crippen LogP contribution in [0.15, 0.2) is 0 Å². The normalized spacial score (nSPS) is 9.23. The summed E-state index contributed by atoms with van der Waals surface area (Å²) in [5, 5.41) is 38.6. The van der Waals surface area contributed by atoms with Gasteiger partial charge in [0.25, 0.3) is 0 Å². The zero-order chi connectivity index (χ0) is 11.3. The number of aliphatic hydroxyl groups excluding tert-OH is 4. The molecule has 0 aliphatic heterocycles. The Morgan fingerprint density at radius 2 is 1.08 bits per heavy atom. The quantitative estimate of drug-likeness (QED) is 0.301. The van der Waals surface area contributed by atoms with Crippen molar-refractivity contribution in [2.75, 3.05) is 26.4 Å². The van der Waals surface area contributed by atoms with E-state index in [1.54, 1.807) is 13.8 Å². The number of hydrogen-bond acceptors (Lipinski definition) is 6. The van der Waals surface area contributed by atoms with E-state index in [0.717, 1.165) is 0 Å². The molecular formula is C7H21NO5. The molecule has 0 rings (SSSR count). The number of hydrogen-bond donors (Lipinski definition) is 6. The van der Waals surface area contributed by atoms with Crippen LogP contribution in [0, 0.1) is 5.41 Å². The predicted octanol–water partition coefficient (Wildman–Crippen LogP) is -1.70. The van der Waals surface area contributed by atoms with E-state index in [1.807, 2.05) is 0 Å². The van der Waals surface area contributed by atoms with Crippen LogP contribution in [0.25, 0.3) is 0 Å².